The van der Waals surface area contributed by atoms with E-state index in [0.717, 1.165) is 19.4 Å². The van der Waals surface area contributed by atoms with Crippen molar-refractivity contribution in [3.63, 3.8) is 0 Å². The summed E-state index contributed by atoms with van der Waals surface area (Å²) in [5.74, 6) is 0.819. The second kappa shape index (κ2) is 7.39. The summed E-state index contributed by atoms with van der Waals surface area (Å²) in [4.78, 5) is 24.7. The molecule has 26 heavy (non-hydrogen) atoms. The van der Waals surface area contributed by atoms with E-state index in [1.54, 1.807) is 0 Å². The van der Waals surface area contributed by atoms with Crippen LogP contribution in [0.4, 0.5) is 0 Å². The van der Waals surface area contributed by atoms with Crippen LogP contribution in [0.2, 0.25) is 0 Å². The van der Waals surface area contributed by atoms with Gasteiger partial charge >= 0.3 is 0 Å². The van der Waals surface area contributed by atoms with E-state index in [2.05, 4.69) is 29.6 Å². The minimum Gasteiger partial charge on any atom is -0.491 e. The Balaban J connectivity index is 1.64. The van der Waals surface area contributed by atoms with Gasteiger partial charge in [0.2, 0.25) is 5.91 Å². The van der Waals surface area contributed by atoms with Gasteiger partial charge in [0.1, 0.15) is 18.0 Å². The average molecular weight is 362 g/mol. The van der Waals surface area contributed by atoms with Crippen LogP contribution >= 0.6 is 0 Å². The fourth-order valence-electron chi connectivity index (χ4n) is 3.60. The summed E-state index contributed by atoms with van der Waals surface area (Å²) >= 11 is 0. The standard InChI is InChI=1S/C19H30N4O3/c1-12(2)11-26-15-7-17(25)23(22-18(15)13(3)4)10-16(24)21-14-8-19(9-14)5-6-20-19/h7,12-14,20H,5-6,8-11H2,1-4H3,(H,21,24). The predicted molar refractivity (Wildman–Crippen MR) is 99.4 cm³/mol. The molecule has 0 radical (unpaired) electrons. The number of amides is 1. The lowest BCUT2D eigenvalue weighted by Gasteiger charge is -2.54. The van der Waals surface area contributed by atoms with Crippen molar-refractivity contribution >= 4 is 5.91 Å². The summed E-state index contributed by atoms with van der Waals surface area (Å²) in [6.07, 6.45) is 3.14. The summed E-state index contributed by atoms with van der Waals surface area (Å²) in [5, 5.41) is 10.8. The third kappa shape index (κ3) is 4.09. The molecule has 1 amide bonds. The molecular weight excluding hydrogens is 332 g/mol. The monoisotopic (exact) mass is 362 g/mol. The first-order valence-corrected chi connectivity index (χ1v) is 9.57. The van der Waals surface area contributed by atoms with Crippen molar-refractivity contribution in [1.29, 1.82) is 0 Å². The van der Waals surface area contributed by atoms with Crippen molar-refractivity contribution in [1.82, 2.24) is 20.4 Å². The van der Waals surface area contributed by atoms with Crippen molar-refractivity contribution in [2.45, 2.75) is 71.0 Å². The van der Waals surface area contributed by atoms with E-state index in [0.29, 0.717) is 24.0 Å². The van der Waals surface area contributed by atoms with Gasteiger partial charge in [-0.05, 0) is 31.7 Å². The number of rotatable bonds is 7. The van der Waals surface area contributed by atoms with Gasteiger partial charge in [-0.25, -0.2) is 4.68 Å². The fraction of sp³-hybridized carbons (Fsp3) is 0.737. The first-order chi connectivity index (χ1) is 12.3. The molecule has 1 aromatic rings. The number of ether oxygens (including phenoxy) is 1. The third-order valence-corrected chi connectivity index (χ3v) is 5.15. The van der Waals surface area contributed by atoms with Crippen LogP contribution < -0.4 is 20.9 Å². The minimum atomic E-state index is -0.311. The number of nitrogens with one attached hydrogen (secondary N) is 2. The molecule has 1 saturated carbocycles. The lowest BCUT2D eigenvalue weighted by Crippen LogP contribution is -2.69. The molecule has 1 aliphatic heterocycles. The van der Waals surface area contributed by atoms with Crippen molar-refractivity contribution in [3.8, 4) is 5.75 Å². The van der Waals surface area contributed by atoms with Crippen molar-refractivity contribution in [2.24, 2.45) is 5.92 Å². The predicted octanol–water partition coefficient (Wildman–Crippen LogP) is 1.41. The van der Waals surface area contributed by atoms with E-state index in [1.807, 2.05) is 13.8 Å². The highest BCUT2D eigenvalue weighted by molar-refractivity contribution is 5.76. The highest BCUT2D eigenvalue weighted by Gasteiger charge is 2.48. The largest absolute Gasteiger partial charge is 0.491 e. The van der Waals surface area contributed by atoms with Gasteiger partial charge in [-0.1, -0.05) is 27.7 Å². The Bertz CT molecular complexity index is 714. The maximum absolute atomic E-state index is 12.4. The zero-order valence-corrected chi connectivity index (χ0v) is 16.2. The van der Waals surface area contributed by atoms with Crippen LogP contribution in [0, 0.1) is 5.92 Å². The number of nitrogens with zero attached hydrogens (tertiary/aromatic N) is 2. The summed E-state index contributed by atoms with van der Waals surface area (Å²) in [7, 11) is 0. The van der Waals surface area contributed by atoms with Crippen LogP contribution in [-0.4, -0.2) is 40.4 Å². The zero-order valence-electron chi connectivity index (χ0n) is 16.2. The molecule has 0 bridgehead atoms. The molecule has 1 saturated heterocycles. The number of carbonyl (C=O) groups is 1. The zero-order chi connectivity index (χ0) is 18.9. The molecule has 1 aliphatic carbocycles. The van der Waals surface area contributed by atoms with Gasteiger partial charge in [-0.2, -0.15) is 5.10 Å². The van der Waals surface area contributed by atoms with Crippen LogP contribution in [0.15, 0.2) is 10.9 Å². The molecule has 2 heterocycles. The molecule has 1 spiro atoms. The molecule has 1 aromatic heterocycles. The van der Waals surface area contributed by atoms with Crippen LogP contribution in [0.3, 0.4) is 0 Å². The first-order valence-electron chi connectivity index (χ1n) is 9.57. The first kappa shape index (κ1) is 18.9. The Hall–Kier alpha value is -1.89. The summed E-state index contributed by atoms with van der Waals surface area (Å²) in [5.41, 5.74) is 0.668. The second-order valence-electron chi connectivity index (χ2n) is 8.38. The minimum absolute atomic E-state index is 0.0556. The van der Waals surface area contributed by atoms with Gasteiger partial charge in [0.05, 0.1) is 6.61 Å². The Morgan fingerprint density at radius 3 is 2.65 bits per heavy atom. The summed E-state index contributed by atoms with van der Waals surface area (Å²) in [6, 6.07) is 1.65. The summed E-state index contributed by atoms with van der Waals surface area (Å²) < 4.78 is 6.99. The van der Waals surface area contributed by atoms with E-state index in [-0.39, 0.29) is 35.5 Å². The van der Waals surface area contributed by atoms with E-state index >= 15 is 0 Å². The number of hydrogen-bond acceptors (Lipinski definition) is 5. The van der Waals surface area contributed by atoms with Gasteiger partial charge in [-0.15, -0.1) is 0 Å². The SMILES string of the molecule is CC(C)COc1cc(=O)n(CC(=O)NC2CC3(CCN3)C2)nc1C(C)C. The van der Waals surface area contributed by atoms with Crippen LogP contribution in [0.25, 0.3) is 0 Å². The molecule has 2 aliphatic rings. The molecule has 2 fully saturated rings. The van der Waals surface area contributed by atoms with Crippen LogP contribution in [-0.2, 0) is 11.3 Å². The highest BCUT2D eigenvalue weighted by atomic mass is 16.5. The Labute approximate surface area is 154 Å². The van der Waals surface area contributed by atoms with Gasteiger partial charge in [0.25, 0.3) is 5.56 Å². The molecule has 0 unspecified atom stereocenters. The molecule has 144 valence electrons. The Morgan fingerprint density at radius 2 is 2.12 bits per heavy atom. The van der Waals surface area contributed by atoms with Crippen molar-refractivity contribution in [3.05, 3.63) is 22.1 Å². The molecule has 3 rings (SSSR count). The molecule has 0 aromatic carbocycles. The van der Waals surface area contributed by atoms with E-state index in [4.69, 9.17) is 4.74 Å². The van der Waals surface area contributed by atoms with Crippen molar-refractivity contribution < 1.29 is 9.53 Å². The lowest BCUT2D eigenvalue weighted by atomic mass is 9.66. The second-order valence-corrected chi connectivity index (χ2v) is 8.38. The Kier molecular flexibility index (Phi) is 5.37. The maximum atomic E-state index is 12.4. The van der Waals surface area contributed by atoms with Gasteiger partial charge < -0.3 is 15.4 Å². The molecule has 7 nitrogen and oxygen atoms in total. The number of aromatic nitrogens is 2. The smallest absolute Gasteiger partial charge is 0.270 e. The van der Waals surface area contributed by atoms with Crippen LogP contribution in [0.5, 0.6) is 5.75 Å². The fourth-order valence-corrected chi connectivity index (χ4v) is 3.60. The normalized spacial score (nSPS) is 24.5. The average Bonchev–Trinajstić information content (AvgIpc) is 2.48. The van der Waals surface area contributed by atoms with Gasteiger partial charge in [0, 0.05) is 23.6 Å². The van der Waals surface area contributed by atoms with E-state index in [1.165, 1.54) is 17.2 Å². The van der Waals surface area contributed by atoms with Crippen LogP contribution in [0.1, 0.15) is 58.6 Å². The Morgan fingerprint density at radius 1 is 1.42 bits per heavy atom. The molecule has 7 heteroatoms. The topological polar surface area (TPSA) is 85.2 Å². The van der Waals surface area contributed by atoms with E-state index < -0.39 is 0 Å². The number of carbonyl (C=O) groups excluding carboxylic acids is 1. The molecule has 0 atom stereocenters. The van der Waals surface area contributed by atoms with Crippen molar-refractivity contribution in [2.75, 3.05) is 13.2 Å². The van der Waals surface area contributed by atoms with Gasteiger partial charge in [-0.3, -0.25) is 9.59 Å². The maximum Gasteiger partial charge on any atom is 0.270 e. The molecular formula is C19H30N4O3. The van der Waals surface area contributed by atoms with E-state index in [9.17, 15) is 9.59 Å². The lowest BCUT2D eigenvalue weighted by molar-refractivity contribution is -0.124. The van der Waals surface area contributed by atoms with Gasteiger partial charge in [0.15, 0.2) is 0 Å². The third-order valence-electron chi connectivity index (χ3n) is 5.15. The summed E-state index contributed by atoms with van der Waals surface area (Å²) in [6.45, 7) is 9.65. The molecule has 2 N–H and O–H groups in total. The quantitative estimate of drug-likeness (QED) is 0.766. The highest BCUT2D eigenvalue weighted by Crippen LogP contribution is 2.39. The number of hydrogen-bond donors (Lipinski definition) is 2.